The third-order valence-corrected chi connectivity index (χ3v) is 12.2. The summed E-state index contributed by atoms with van der Waals surface area (Å²) in [6.45, 7) is 1.90. The van der Waals surface area contributed by atoms with E-state index < -0.39 is 76.3 Å². The highest BCUT2D eigenvalue weighted by atomic mass is 35.5. The normalized spacial score (nSPS) is 25.2. The van der Waals surface area contributed by atoms with Crippen LogP contribution in [0.1, 0.15) is 41.1 Å². The van der Waals surface area contributed by atoms with Crippen LogP contribution in [0.5, 0.6) is 17.2 Å². The second-order valence-corrected chi connectivity index (χ2v) is 15.3. The summed E-state index contributed by atoms with van der Waals surface area (Å²) in [5.41, 5.74) is 2.59. The van der Waals surface area contributed by atoms with Crippen LogP contribution in [0.4, 0.5) is 24.7 Å². The molecule has 6 atom stereocenters. The summed E-state index contributed by atoms with van der Waals surface area (Å²) in [5, 5.41) is 14.4. The first-order chi connectivity index (χ1) is 27.6. The number of amides is 4. The fraction of sp³-hybridized carbons (Fsp3) is 0.310. The molecule has 1 aromatic heterocycles. The average molecular weight is 816 g/mol. The molecule has 58 heavy (non-hydrogen) atoms. The summed E-state index contributed by atoms with van der Waals surface area (Å²) in [6, 6.07) is 20.5. The number of hydrazine groups is 2. The highest BCUT2D eigenvalue weighted by Gasteiger charge is 2.71. The number of phenolic OH excluding ortho intramolecular Hbond substituents is 1. The Morgan fingerprint density at radius 1 is 0.931 bits per heavy atom. The number of rotatable bonds is 8. The molecule has 0 radical (unpaired) electrons. The minimum Gasteiger partial charge on any atom is -0.507 e. The first kappa shape index (κ1) is 38.8. The summed E-state index contributed by atoms with van der Waals surface area (Å²) in [7, 11) is 4.04. The highest BCUT2D eigenvalue weighted by Crippen LogP contribution is 2.66. The summed E-state index contributed by atoms with van der Waals surface area (Å²) < 4.78 is 52.5. The van der Waals surface area contributed by atoms with Crippen LogP contribution in [0.25, 0.3) is 0 Å². The van der Waals surface area contributed by atoms with Crippen LogP contribution in [-0.4, -0.2) is 65.0 Å². The standard InChI is InChI=1S/C42H37ClF3N5O7/c1-21-10-12-23(13-11-21)48-50-38(54)28-20-27-25(14-15-26-33(27)39(55)51(37(26)53)49(2)36-29(43)16-17-32(47-36)42(44,45)46)35(34-30(52)18-24(57-3)19-31(34)58-4)41(28,40(50)56)22-8-6-5-7-9-22/h5-14,16-19,26-28,33,35,48,52H,15,20H2,1-4H3/t26-,27+,28-,33-,35+,41+/m0/s1. The minimum atomic E-state index is -4.84. The van der Waals surface area contributed by atoms with Crippen molar-refractivity contribution in [3.63, 3.8) is 0 Å². The van der Waals surface area contributed by atoms with Crippen molar-refractivity contribution in [3.05, 3.63) is 118 Å². The number of hydrogen-bond acceptors (Lipinski definition) is 10. The van der Waals surface area contributed by atoms with Crippen LogP contribution in [0.15, 0.2) is 90.5 Å². The van der Waals surface area contributed by atoms with Gasteiger partial charge in [-0.15, -0.1) is 0 Å². The molecule has 2 N–H and O–H groups in total. The highest BCUT2D eigenvalue weighted by molar-refractivity contribution is 6.33. The molecule has 4 aromatic rings. The number of methoxy groups -OCH3 is 2. The molecular weight excluding hydrogens is 779 g/mol. The summed E-state index contributed by atoms with van der Waals surface area (Å²) in [4.78, 5) is 63.0. The van der Waals surface area contributed by atoms with Gasteiger partial charge in [0.15, 0.2) is 5.82 Å². The van der Waals surface area contributed by atoms with Gasteiger partial charge in [0, 0.05) is 30.7 Å². The van der Waals surface area contributed by atoms with Gasteiger partial charge in [-0.2, -0.15) is 23.2 Å². The van der Waals surface area contributed by atoms with Gasteiger partial charge < -0.3 is 14.6 Å². The number of aromatic hydroxyl groups is 1. The van der Waals surface area contributed by atoms with E-state index in [-0.39, 0.29) is 40.7 Å². The smallest absolute Gasteiger partial charge is 0.433 e. The number of aryl methyl sites for hydroxylation is 1. The summed E-state index contributed by atoms with van der Waals surface area (Å²) in [5.74, 6) is -8.30. The molecule has 0 spiro atoms. The van der Waals surface area contributed by atoms with Crippen LogP contribution in [0.3, 0.4) is 0 Å². The number of halogens is 4. The number of aromatic nitrogens is 1. The first-order valence-corrected chi connectivity index (χ1v) is 18.8. The van der Waals surface area contributed by atoms with Gasteiger partial charge in [-0.1, -0.05) is 71.3 Å². The van der Waals surface area contributed by atoms with Crippen molar-refractivity contribution < 1.29 is 46.9 Å². The van der Waals surface area contributed by atoms with Crippen LogP contribution >= 0.6 is 11.6 Å². The fourth-order valence-electron chi connectivity index (χ4n) is 9.42. The molecule has 16 heteroatoms. The number of nitrogens with zero attached hydrogens (tertiary/aromatic N) is 4. The molecule has 2 aliphatic carbocycles. The lowest BCUT2D eigenvalue weighted by Crippen LogP contribution is -2.53. The van der Waals surface area contributed by atoms with Crippen LogP contribution in [0, 0.1) is 30.6 Å². The van der Waals surface area contributed by atoms with E-state index >= 15 is 4.79 Å². The minimum absolute atomic E-state index is 0.00605. The number of carbonyl (C=O) groups is 4. The second kappa shape index (κ2) is 14.1. The maximum absolute atomic E-state index is 15.4. The lowest BCUT2D eigenvalue weighted by molar-refractivity contribution is -0.142. The van der Waals surface area contributed by atoms with Crippen LogP contribution in [0.2, 0.25) is 5.02 Å². The molecule has 3 fully saturated rings. The molecule has 12 nitrogen and oxygen atoms in total. The molecular formula is C42H37ClF3N5O7. The van der Waals surface area contributed by atoms with Crippen molar-refractivity contribution in [3.8, 4) is 17.2 Å². The number of pyridine rings is 1. The van der Waals surface area contributed by atoms with Gasteiger partial charge >= 0.3 is 6.18 Å². The topological polar surface area (TPSA) is 142 Å². The number of benzene rings is 3. The molecule has 8 rings (SSSR count). The Morgan fingerprint density at radius 3 is 2.29 bits per heavy atom. The van der Waals surface area contributed by atoms with E-state index in [1.165, 1.54) is 27.3 Å². The summed E-state index contributed by atoms with van der Waals surface area (Å²) >= 11 is 6.32. The van der Waals surface area contributed by atoms with Gasteiger partial charge in [0.1, 0.15) is 22.9 Å². The number of carbonyl (C=O) groups excluding carboxylic acids is 4. The summed E-state index contributed by atoms with van der Waals surface area (Å²) in [6.07, 6.45) is -3.14. The van der Waals surface area contributed by atoms with Gasteiger partial charge in [-0.25, -0.2) is 4.98 Å². The third-order valence-electron chi connectivity index (χ3n) is 11.9. The van der Waals surface area contributed by atoms with Gasteiger partial charge in [-0.3, -0.25) is 29.6 Å². The Kier molecular flexibility index (Phi) is 9.41. The molecule has 4 aliphatic rings. The van der Waals surface area contributed by atoms with Crippen molar-refractivity contribution in [1.29, 1.82) is 0 Å². The predicted octanol–water partition coefficient (Wildman–Crippen LogP) is 6.82. The molecule has 1 saturated carbocycles. The van der Waals surface area contributed by atoms with Gasteiger partial charge in [0.2, 0.25) is 0 Å². The Hall–Kier alpha value is -6.09. The van der Waals surface area contributed by atoms with E-state index in [0.29, 0.717) is 22.9 Å². The van der Waals surface area contributed by atoms with E-state index in [1.54, 1.807) is 54.6 Å². The molecule has 4 amide bonds. The van der Waals surface area contributed by atoms with Gasteiger partial charge in [0.25, 0.3) is 23.6 Å². The number of ether oxygens (including phenoxy) is 2. The number of hydrogen-bond donors (Lipinski definition) is 2. The molecule has 300 valence electrons. The fourth-order valence-corrected chi connectivity index (χ4v) is 9.64. The molecule has 2 saturated heterocycles. The van der Waals surface area contributed by atoms with Crippen LogP contribution in [-0.2, 0) is 30.8 Å². The van der Waals surface area contributed by atoms with Crippen molar-refractivity contribution in [2.75, 3.05) is 31.7 Å². The molecule has 0 bridgehead atoms. The zero-order valence-corrected chi connectivity index (χ0v) is 32.3. The maximum Gasteiger partial charge on any atom is 0.433 e. The zero-order valence-electron chi connectivity index (χ0n) is 31.6. The van der Waals surface area contributed by atoms with E-state index in [0.717, 1.165) is 26.7 Å². The molecule has 2 aliphatic heterocycles. The molecule has 0 unspecified atom stereocenters. The van der Waals surface area contributed by atoms with Gasteiger partial charge in [0.05, 0.1) is 48.1 Å². The monoisotopic (exact) mass is 815 g/mol. The number of anilines is 2. The first-order valence-electron chi connectivity index (χ1n) is 18.4. The number of allylic oxidation sites excluding steroid dienone is 2. The quantitative estimate of drug-likeness (QED) is 0.144. The van der Waals surface area contributed by atoms with Crippen molar-refractivity contribution >= 4 is 46.7 Å². The lowest BCUT2D eigenvalue weighted by atomic mass is 9.49. The Morgan fingerprint density at radius 2 is 1.64 bits per heavy atom. The second-order valence-electron chi connectivity index (χ2n) is 14.9. The zero-order chi connectivity index (χ0) is 41.4. The number of nitrogens with one attached hydrogen (secondary N) is 1. The largest absolute Gasteiger partial charge is 0.507 e. The predicted molar refractivity (Wildman–Crippen MR) is 205 cm³/mol. The van der Waals surface area contributed by atoms with Crippen molar-refractivity contribution in [1.82, 2.24) is 15.0 Å². The van der Waals surface area contributed by atoms with E-state index in [9.17, 15) is 32.7 Å². The van der Waals surface area contributed by atoms with E-state index in [2.05, 4.69) is 10.4 Å². The average Bonchev–Trinajstić information content (AvgIpc) is 3.58. The van der Waals surface area contributed by atoms with Crippen LogP contribution < -0.4 is 19.9 Å². The SMILES string of the molecule is COc1cc(O)c([C@H]2C3=CC[C@@H]4C(=O)N(N(C)c5nc(C(F)(F)F)ccc5Cl)C(=O)[C@@H]4[C@@H]3C[C@H]3C(=O)N(Nc4ccc(C)cc4)C(=O)[C@@]23c2ccccc2)c(OC)c1. The van der Waals surface area contributed by atoms with E-state index in [1.807, 2.05) is 19.1 Å². The number of alkyl halides is 3. The van der Waals surface area contributed by atoms with Crippen molar-refractivity contribution in [2.24, 2.45) is 23.7 Å². The maximum atomic E-state index is 15.4. The lowest BCUT2D eigenvalue weighted by Gasteiger charge is -2.50. The Bertz CT molecular complexity index is 2390. The number of phenols is 1. The molecule has 3 aromatic carbocycles. The Balaban J connectivity index is 1.31. The molecule has 3 heterocycles. The van der Waals surface area contributed by atoms with E-state index in [4.69, 9.17) is 21.1 Å². The third kappa shape index (κ3) is 5.77. The number of imide groups is 2. The van der Waals surface area contributed by atoms with Crippen molar-refractivity contribution in [2.45, 2.75) is 37.3 Å². The van der Waals surface area contributed by atoms with Gasteiger partial charge in [-0.05, 0) is 55.5 Å². The Labute approximate surface area is 335 Å². The number of fused-ring (bicyclic) bond motifs is 4.